The first kappa shape index (κ1) is 14.0. The molecule has 2 aromatic rings. The normalized spacial score (nSPS) is 10.1. The lowest BCUT2D eigenvalue weighted by Crippen LogP contribution is -2.12. The number of carboxylic acid groups (broad SMARTS) is 1. The number of benzene rings is 1. The van der Waals surface area contributed by atoms with Crippen molar-refractivity contribution in [1.29, 1.82) is 0 Å². The molecule has 0 fully saturated rings. The second-order valence-corrected chi connectivity index (χ2v) is 4.48. The van der Waals surface area contributed by atoms with E-state index < -0.39 is 5.97 Å². The summed E-state index contributed by atoms with van der Waals surface area (Å²) in [5, 5.41) is 11.7. The van der Waals surface area contributed by atoms with Crippen LogP contribution in [-0.4, -0.2) is 22.0 Å². The first-order valence-corrected chi connectivity index (χ1v) is 6.16. The molecule has 0 atom stereocenters. The van der Waals surface area contributed by atoms with Crippen LogP contribution in [0.2, 0.25) is 5.15 Å². The van der Waals surface area contributed by atoms with Crippen LogP contribution in [0.15, 0.2) is 42.6 Å². The van der Waals surface area contributed by atoms with Crippen LogP contribution in [0.25, 0.3) is 0 Å². The zero-order chi connectivity index (χ0) is 14.5. The lowest BCUT2D eigenvalue weighted by atomic mass is 10.1. The molecule has 0 aliphatic carbocycles. The van der Waals surface area contributed by atoms with Crippen molar-refractivity contribution in [1.82, 2.24) is 4.98 Å². The van der Waals surface area contributed by atoms with E-state index in [0.717, 1.165) is 0 Å². The summed E-state index contributed by atoms with van der Waals surface area (Å²) in [5.74, 6) is -1.25. The lowest BCUT2D eigenvalue weighted by Gasteiger charge is -2.06. The largest absolute Gasteiger partial charge is 0.481 e. The molecule has 0 saturated heterocycles. The zero-order valence-corrected chi connectivity index (χ0v) is 11.1. The van der Waals surface area contributed by atoms with Crippen molar-refractivity contribution in [2.24, 2.45) is 0 Å². The number of carboxylic acids is 1. The molecule has 1 aromatic heterocycles. The third-order valence-electron chi connectivity index (χ3n) is 2.53. The molecule has 2 N–H and O–H groups in total. The van der Waals surface area contributed by atoms with Gasteiger partial charge in [0.25, 0.3) is 5.91 Å². The molecule has 0 radical (unpaired) electrons. The van der Waals surface area contributed by atoms with Gasteiger partial charge in [-0.3, -0.25) is 9.59 Å². The summed E-state index contributed by atoms with van der Waals surface area (Å²) < 4.78 is 0. The Morgan fingerprint density at radius 2 is 2.05 bits per heavy atom. The maximum absolute atomic E-state index is 12.0. The highest BCUT2D eigenvalue weighted by molar-refractivity contribution is 6.29. The van der Waals surface area contributed by atoms with Crippen LogP contribution < -0.4 is 5.32 Å². The third kappa shape index (κ3) is 3.80. The molecule has 0 aliphatic heterocycles. The van der Waals surface area contributed by atoms with Crippen molar-refractivity contribution in [3.63, 3.8) is 0 Å². The van der Waals surface area contributed by atoms with E-state index in [2.05, 4.69) is 10.3 Å². The molecule has 0 aliphatic rings. The predicted octanol–water partition coefficient (Wildman–Crippen LogP) is 2.61. The van der Waals surface area contributed by atoms with Gasteiger partial charge in [-0.25, -0.2) is 4.98 Å². The van der Waals surface area contributed by atoms with E-state index in [9.17, 15) is 9.59 Å². The zero-order valence-electron chi connectivity index (χ0n) is 10.3. The van der Waals surface area contributed by atoms with Gasteiger partial charge in [0.05, 0.1) is 6.42 Å². The number of aromatic nitrogens is 1. The maximum atomic E-state index is 12.0. The lowest BCUT2D eigenvalue weighted by molar-refractivity contribution is -0.136. The first-order valence-electron chi connectivity index (χ1n) is 5.78. The molecule has 0 spiro atoms. The Morgan fingerprint density at radius 1 is 1.25 bits per heavy atom. The Morgan fingerprint density at radius 3 is 2.75 bits per heavy atom. The van der Waals surface area contributed by atoms with Gasteiger partial charge >= 0.3 is 5.97 Å². The van der Waals surface area contributed by atoms with Crippen molar-refractivity contribution in [3.05, 3.63) is 58.9 Å². The Hall–Kier alpha value is -2.40. The number of amides is 1. The molecule has 2 rings (SSSR count). The molecular weight excluding hydrogens is 280 g/mol. The van der Waals surface area contributed by atoms with Gasteiger partial charge in [0, 0.05) is 17.4 Å². The number of nitrogens with one attached hydrogen (secondary N) is 1. The summed E-state index contributed by atoms with van der Waals surface area (Å²) in [7, 11) is 0. The number of rotatable bonds is 4. The van der Waals surface area contributed by atoms with E-state index in [1.807, 2.05) is 0 Å². The van der Waals surface area contributed by atoms with Gasteiger partial charge < -0.3 is 10.4 Å². The number of hydrogen-bond acceptors (Lipinski definition) is 3. The average molecular weight is 291 g/mol. The van der Waals surface area contributed by atoms with E-state index >= 15 is 0 Å². The molecule has 1 aromatic carbocycles. The second kappa shape index (κ2) is 6.16. The predicted molar refractivity (Wildman–Crippen MR) is 75.0 cm³/mol. The average Bonchev–Trinajstić information content (AvgIpc) is 2.38. The Labute approximate surface area is 120 Å². The van der Waals surface area contributed by atoms with Crippen LogP contribution >= 0.6 is 11.6 Å². The second-order valence-electron chi connectivity index (χ2n) is 4.09. The smallest absolute Gasteiger partial charge is 0.307 e. The third-order valence-corrected chi connectivity index (χ3v) is 2.74. The molecule has 1 heterocycles. The van der Waals surface area contributed by atoms with Gasteiger partial charge in [0.2, 0.25) is 0 Å². The molecule has 102 valence electrons. The van der Waals surface area contributed by atoms with Gasteiger partial charge in [0.1, 0.15) is 5.15 Å². The topological polar surface area (TPSA) is 79.3 Å². The summed E-state index contributed by atoms with van der Waals surface area (Å²) >= 11 is 5.72. The Kier molecular flexibility index (Phi) is 4.32. The van der Waals surface area contributed by atoms with Crippen molar-refractivity contribution in [2.75, 3.05) is 5.32 Å². The number of aliphatic carboxylic acids is 1. The Balaban J connectivity index is 2.13. The summed E-state index contributed by atoms with van der Waals surface area (Å²) in [6, 6.07) is 9.68. The van der Waals surface area contributed by atoms with Crippen molar-refractivity contribution in [3.8, 4) is 0 Å². The minimum absolute atomic E-state index is 0.0925. The van der Waals surface area contributed by atoms with E-state index in [1.165, 1.54) is 12.3 Å². The number of nitrogens with zero attached hydrogens (tertiary/aromatic N) is 1. The van der Waals surface area contributed by atoms with Gasteiger partial charge in [-0.15, -0.1) is 0 Å². The van der Waals surface area contributed by atoms with Crippen LogP contribution in [-0.2, 0) is 11.2 Å². The monoisotopic (exact) mass is 290 g/mol. The molecule has 0 bridgehead atoms. The molecule has 20 heavy (non-hydrogen) atoms. The number of carbonyl (C=O) groups is 2. The minimum atomic E-state index is -0.922. The van der Waals surface area contributed by atoms with E-state index in [0.29, 0.717) is 16.8 Å². The van der Waals surface area contributed by atoms with E-state index in [-0.39, 0.29) is 17.5 Å². The number of hydrogen-bond donors (Lipinski definition) is 2. The van der Waals surface area contributed by atoms with Crippen LogP contribution in [0.4, 0.5) is 5.69 Å². The SMILES string of the molecule is O=C(O)Cc1cccc(NC(=O)c2ccnc(Cl)c2)c1. The maximum Gasteiger partial charge on any atom is 0.307 e. The van der Waals surface area contributed by atoms with Crippen molar-refractivity contribution >= 4 is 29.2 Å². The van der Waals surface area contributed by atoms with Crippen molar-refractivity contribution in [2.45, 2.75) is 6.42 Å². The van der Waals surface area contributed by atoms with Gasteiger partial charge in [-0.2, -0.15) is 0 Å². The van der Waals surface area contributed by atoms with Crippen LogP contribution in [0.5, 0.6) is 0 Å². The molecule has 5 nitrogen and oxygen atoms in total. The fourth-order valence-electron chi connectivity index (χ4n) is 1.68. The highest BCUT2D eigenvalue weighted by Crippen LogP contribution is 2.14. The summed E-state index contributed by atoms with van der Waals surface area (Å²) in [6.07, 6.45) is 1.35. The number of pyridine rings is 1. The summed E-state index contributed by atoms with van der Waals surface area (Å²) in [6.45, 7) is 0. The van der Waals surface area contributed by atoms with E-state index in [1.54, 1.807) is 30.3 Å². The fourth-order valence-corrected chi connectivity index (χ4v) is 1.85. The van der Waals surface area contributed by atoms with Gasteiger partial charge in [-0.05, 0) is 29.8 Å². The fraction of sp³-hybridized carbons (Fsp3) is 0.0714. The van der Waals surface area contributed by atoms with Gasteiger partial charge in [-0.1, -0.05) is 23.7 Å². The summed E-state index contributed by atoms with van der Waals surface area (Å²) in [5.41, 5.74) is 1.53. The van der Waals surface area contributed by atoms with Gasteiger partial charge in [0.15, 0.2) is 0 Å². The first-order chi connectivity index (χ1) is 9.54. The quantitative estimate of drug-likeness (QED) is 0.848. The molecule has 1 amide bonds. The molecular formula is C14H11ClN2O3. The Bertz CT molecular complexity index is 658. The van der Waals surface area contributed by atoms with Crippen LogP contribution in [0.3, 0.4) is 0 Å². The molecule has 0 saturated carbocycles. The van der Waals surface area contributed by atoms with Crippen molar-refractivity contribution < 1.29 is 14.7 Å². The standard InChI is InChI=1S/C14H11ClN2O3/c15-12-8-10(4-5-16-12)14(20)17-11-3-1-2-9(6-11)7-13(18)19/h1-6,8H,7H2,(H,17,20)(H,18,19). The minimum Gasteiger partial charge on any atom is -0.481 e. The number of carbonyl (C=O) groups excluding carboxylic acids is 1. The molecule has 6 heteroatoms. The number of halogens is 1. The van der Waals surface area contributed by atoms with Crippen LogP contribution in [0, 0.1) is 0 Å². The summed E-state index contributed by atoms with van der Waals surface area (Å²) in [4.78, 5) is 26.4. The molecule has 0 unspecified atom stereocenters. The number of anilines is 1. The van der Waals surface area contributed by atoms with Crippen LogP contribution in [0.1, 0.15) is 15.9 Å². The van der Waals surface area contributed by atoms with E-state index in [4.69, 9.17) is 16.7 Å². The highest BCUT2D eigenvalue weighted by atomic mass is 35.5. The highest BCUT2D eigenvalue weighted by Gasteiger charge is 2.08.